The first kappa shape index (κ1) is 16.2. The Morgan fingerprint density at radius 2 is 1.68 bits per heavy atom. The molecule has 0 aromatic heterocycles. The van der Waals surface area contributed by atoms with E-state index in [0.29, 0.717) is 6.04 Å². The van der Waals surface area contributed by atoms with Gasteiger partial charge < -0.3 is 10.2 Å². The van der Waals surface area contributed by atoms with Gasteiger partial charge in [-0.1, -0.05) is 44.2 Å². The van der Waals surface area contributed by atoms with Crippen LogP contribution in [0.15, 0.2) is 30.3 Å². The molecule has 1 rings (SSSR count). The topological polar surface area (TPSA) is 15.3 Å². The molecule has 0 radical (unpaired) electrons. The summed E-state index contributed by atoms with van der Waals surface area (Å²) in [6, 6.07) is 11.3. The van der Waals surface area contributed by atoms with Gasteiger partial charge >= 0.3 is 0 Å². The first-order valence-electron chi connectivity index (χ1n) is 7.49. The number of hydrogen-bond acceptors (Lipinski definition) is 2. The second-order valence-electron chi connectivity index (χ2n) is 5.57. The molecule has 0 amide bonds. The van der Waals surface area contributed by atoms with Crippen molar-refractivity contribution in [1.29, 1.82) is 0 Å². The van der Waals surface area contributed by atoms with Gasteiger partial charge in [0.05, 0.1) is 0 Å². The third-order valence-electron chi connectivity index (χ3n) is 4.68. The number of benzene rings is 1. The summed E-state index contributed by atoms with van der Waals surface area (Å²) in [4.78, 5) is 2.40. The number of nitrogens with one attached hydrogen (secondary N) is 1. The Kier molecular flexibility index (Phi) is 6.53. The van der Waals surface area contributed by atoms with Crippen molar-refractivity contribution in [2.45, 2.75) is 51.1 Å². The highest BCUT2D eigenvalue weighted by Gasteiger charge is 2.36. The van der Waals surface area contributed by atoms with Crippen LogP contribution in [0.5, 0.6) is 0 Å². The Balaban J connectivity index is 2.76. The summed E-state index contributed by atoms with van der Waals surface area (Å²) in [6.07, 6.45) is 4.68. The molecule has 19 heavy (non-hydrogen) atoms. The van der Waals surface area contributed by atoms with Gasteiger partial charge in [0.15, 0.2) is 0 Å². The number of nitrogens with zero attached hydrogens (tertiary/aromatic N) is 1. The van der Waals surface area contributed by atoms with Crippen molar-refractivity contribution in [3.05, 3.63) is 35.9 Å². The highest BCUT2D eigenvalue weighted by molar-refractivity contribution is 5.15. The molecule has 2 heteroatoms. The van der Waals surface area contributed by atoms with Crippen LogP contribution in [-0.4, -0.2) is 37.6 Å². The van der Waals surface area contributed by atoms with Gasteiger partial charge in [0.25, 0.3) is 0 Å². The fraction of sp³-hybridized carbons (Fsp3) is 0.647. The Labute approximate surface area is 119 Å². The molecule has 1 atom stereocenters. The largest absolute Gasteiger partial charge is 0.315 e. The Morgan fingerprint density at radius 3 is 2.11 bits per heavy atom. The van der Waals surface area contributed by atoms with Gasteiger partial charge in [-0.2, -0.15) is 0 Å². The minimum atomic E-state index is 0.254. The predicted octanol–water partition coefficient (Wildman–Crippen LogP) is 3.33. The van der Waals surface area contributed by atoms with E-state index >= 15 is 0 Å². The lowest BCUT2D eigenvalue weighted by Gasteiger charge is -2.45. The number of aryl methyl sites for hydroxylation is 1. The first-order chi connectivity index (χ1) is 9.10. The lowest BCUT2D eigenvalue weighted by atomic mass is 9.80. The molecule has 1 aromatic rings. The second-order valence-corrected chi connectivity index (χ2v) is 5.57. The molecular formula is C17H30N2. The van der Waals surface area contributed by atoms with Crippen LogP contribution in [-0.2, 0) is 6.42 Å². The third kappa shape index (κ3) is 3.80. The molecule has 0 aliphatic heterocycles. The molecule has 0 spiro atoms. The average Bonchev–Trinajstić information content (AvgIpc) is 2.44. The number of likely N-dealkylation sites (N-methyl/N-ethyl adjacent to an activating group) is 2. The third-order valence-corrected chi connectivity index (χ3v) is 4.68. The van der Waals surface area contributed by atoms with Crippen molar-refractivity contribution >= 4 is 0 Å². The van der Waals surface area contributed by atoms with Gasteiger partial charge in [0, 0.05) is 11.6 Å². The summed E-state index contributed by atoms with van der Waals surface area (Å²) in [5, 5.41) is 3.55. The first-order valence-corrected chi connectivity index (χ1v) is 7.49. The van der Waals surface area contributed by atoms with Crippen LogP contribution in [0, 0.1) is 0 Å². The zero-order chi connectivity index (χ0) is 14.3. The molecule has 1 unspecified atom stereocenters. The molecule has 0 bridgehead atoms. The Hall–Kier alpha value is -0.860. The highest BCUT2D eigenvalue weighted by Crippen LogP contribution is 2.28. The van der Waals surface area contributed by atoms with Crippen molar-refractivity contribution in [3.8, 4) is 0 Å². The van der Waals surface area contributed by atoms with E-state index in [-0.39, 0.29) is 5.54 Å². The maximum absolute atomic E-state index is 3.55. The van der Waals surface area contributed by atoms with Crippen LogP contribution < -0.4 is 5.32 Å². The SMILES string of the molecule is CCC(CC)(C(CCc1ccccc1)NC)N(C)C. The van der Waals surface area contributed by atoms with Crippen LogP contribution in [0.4, 0.5) is 0 Å². The van der Waals surface area contributed by atoms with Crippen molar-refractivity contribution in [3.63, 3.8) is 0 Å². The minimum absolute atomic E-state index is 0.254. The Bertz CT molecular complexity index is 342. The molecule has 1 N–H and O–H groups in total. The van der Waals surface area contributed by atoms with Gasteiger partial charge in [-0.25, -0.2) is 0 Å². The summed E-state index contributed by atoms with van der Waals surface area (Å²) >= 11 is 0. The molecule has 0 saturated carbocycles. The molecule has 1 aromatic carbocycles. The monoisotopic (exact) mass is 262 g/mol. The molecule has 0 aliphatic carbocycles. The van der Waals surface area contributed by atoms with Crippen LogP contribution >= 0.6 is 0 Å². The van der Waals surface area contributed by atoms with E-state index in [1.54, 1.807) is 0 Å². The zero-order valence-corrected chi connectivity index (χ0v) is 13.2. The Morgan fingerprint density at radius 1 is 1.11 bits per heavy atom. The van der Waals surface area contributed by atoms with Crippen molar-refractivity contribution in [2.75, 3.05) is 21.1 Å². The number of rotatable bonds is 8. The number of hydrogen-bond donors (Lipinski definition) is 1. The van der Waals surface area contributed by atoms with E-state index in [2.05, 4.69) is 75.5 Å². The lowest BCUT2D eigenvalue weighted by molar-refractivity contribution is 0.0879. The molecule has 0 saturated heterocycles. The van der Waals surface area contributed by atoms with Gasteiger partial charge in [-0.15, -0.1) is 0 Å². The van der Waals surface area contributed by atoms with E-state index in [4.69, 9.17) is 0 Å². The van der Waals surface area contributed by atoms with E-state index in [1.807, 2.05) is 0 Å². The summed E-state index contributed by atoms with van der Waals surface area (Å²) in [7, 11) is 6.51. The molecule has 2 nitrogen and oxygen atoms in total. The molecule has 0 heterocycles. The fourth-order valence-corrected chi connectivity index (χ4v) is 3.32. The molecule has 0 fully saturated rings. The zero-order valence-electron chi connectivity index (χ0n) is 13.2. The van der Waals surface area contributed by atoms with Crippen LogP contribution in [0.1, 0.15) is 38.7 Å². The smallest absolute Gasteiger partial charge is 0.0351 e. The van der Waals surface area contributed by atoms with Crippen LogP contribution in [0.2, 0.25) is 0 Å². The van der Waals surface area contributed by atoms with Crippen molar-refractivity contribution in [1.82, 2.24) is 10.2 Å². The highest BCUT2D eigenvalue weighted by atomic mass is 15.2. The maximum atomic E-state index is 3.55. The van der Waals surface area contributed by atoms with E-state index in [9.17, 15) is 0 Å². The van der Waals surface area contributed by atoms with Gasteiger partial charge in [-0.05, 0) is 52.4 Å². The van der Waals surface area contributed by atoms with Crippen molar-refractivity contribution in [2.24, 2.45) is 0 Å². The van der Waals surface area contributed by atoms with Gasteiger partial charge in [0.1, 0.15) is 0 Å². The van der Waals surface area contributed by atoms with E-state index < -0.39 is 0 Å². The average molecular weight is 262 g/mol. The van der Waals surface area contributed by atoms with Crippen LogP contribution in [0.3, 0.4) is 0 Å². The maximum Gasteiger partial charge on any atom is 0.0351 e. The van der Waals surface area contributed by atoms with Crippen LogP contribution in [0.25, 0.3) is 0 Å². The van der Waals surface area contributed by atoms with Gasteiger partial charge in [-0.3, -0.25) is 0 Å². The summed E-state index contributed by atoms with van der Waals surface area (Å²) in [5.41, 5.74) is 1.69. The normalized spacial score (nSPS) is 13.8. The predicted molar refractivity (Wildman–Crippen MR) is 84.6 cm³/mol. The summed E-state index contributed by atoms with van der Waals surface area (Å²) in [5.74, 6) is 0. The standard InChI is InChI=1S/C17H30N2/c1-6-17(7-2,19(4)5)16(18-3)14-13-15-11-9-8-10-12-15/h8-12,16,18H,6-7,13-14H2,1-5H3. The fourth-order valence-electron chi connectivity index (χ4n) is 3.32. The van der Waals surface area contributed by atoms with Crippen molar-refractivity contribution < 1.29 is 0 Å². The van der Waals surface area contributed by atoms with Gasteiger partial charge in [0.2, 0.25) is 0 Å². The molecular weight excluding hydrogens is 232 g/mol. The summed E-state index contributed by atoms with van der Waals surface area (Å²) < 4.78 is 0. The second kappa shape index (κ2) is 7.66. The lowest BCUT2D eigenvalue weighted by Crippen LogP contribution is -2.57. The van der Waals surface area contributed by atoms with E-state index in [1.165, 1.54) is 24.8 Å². The van der Waals surface area contributed by atoms with E-state index in [0.717, 1.165) is 6.42 Å². The molecule has 108 valence electrons. The molecule has 0 aliphatic rings. The minimum Gasteiger partial charge on any atom is -0.315 e. The quantitative estimate of drug-likeness (QED) is 0.773. The summed E-state index contributed by atoms with van der Waals surface area (Å²) in [6.45, 7) is 4.60.